The number of thioether (sulfide) groups is 1. The van der Waals surface area contributed by atoms with Gasteiger partial charge in [0.2, 0.25) is 5.91 Å². The van der Waals surface area contributed by atoms with Crippen LogP contribution in [-0.2, 0) is 17.8 Å². The molecule has 1 saturated heterocycles. The van der Waals surface area contributed by atoms with Gasteiger partial charge in [0.25, 0.3) is 0 Å². The van der Waals surface area contributed by atoms with Crippen LogP contribution in [0.4, 0.5) is 0 Å². The Morgan fingerprint density at radius 3 is 2.59 bits per heavy atom. The van der Waals surface area contributed by atoms with Gasteiger partial charge in [-0.2, -0.15) is 0 Å². The molecule has 34 heavy (non-hydrogen) atoms. The van der Waals surface area contributed by atoms with Crippen molar-refractivity contribution in [2.45, 2.75) is 30.6 Å². The first-order chi connectivity index (χ1) is 16.7. The smallest absolute Gasteiger partial charge is 0.230 e. The topological polar surface area (TPSA) is 63.1 Å². The summed E-state index contributed by atoms with van der Waals surface area (Å²) in [5, 5.41) is 14.9. The minimum absolute atomic E-state index is 0.0407. The van der Waals surface area contributed by atoms with Gasteiger partial charge in [0, 0.05) is 42.7 Å². The molecule has 1 aliphatic rings. The van der Waals surface area contributed by atoms with Gasteiger partial charge in [-0.05, 0) is 35.6 Å². The highest BCUT2D eigenvalue weighted by molar-refractivity contribution is 7.99. The van der Waals surface area contributed by atoms with Crippen LogP contribution in [0.15, 0.2) is 83.3 Å². The largest absolute Gasteiger partial charge is 0.351 e. The van der Waals surface area contributed by atoms with Crippen LogP contribution < -0.4 is 5.32 Å². The fourth-order valence-electron chi connectivity index (χ4n) is 4.25. The zero-order valence-corrected chi connectivity index (χ0v) is 20.5. The molecule has 4 aromatic rings. The summed E-state index contributed by atoms with van der Waals surface area (Å²) in [7, 11) is 0. The number of rotatable bonds is 9. The quantitative estimate of drug-likeness (QED) is 0.353. The van der Waals surface area contributed by atoms with E-state index in [-0.39, 0.29) is 11.9 Å². The molecule has 1 aliphatic heterocycles. The second-order valence-corrected chi connectivity index (χ2v) is 10.4. The molecule has 0 bridgehead atoms. The van der Waals surface area contributed by atoms with Gasteiger partial charge in [-0.1, -0.05) is 66.4 Å². The SMILES string of the molecule is O=C(CSc1nnc(Cc2cccs2)n1-c1ccccc1)N[C@@H]1CCN(Cc2ccccc2)C1. The molecule has 3 heterocycles. The van der Waals surface area contributed by atoms with Gasteiger partial charge in [0.05, 0.1) is 5.75 Å². The van der Waals surface area contributed by atoms with Crippen LogP contribution in [0.3, 0.4) is 0 Å². The number of thiophene rings is 1. The van der Waals surface area contributed by atoms with Crippen molar-refractivity contribution in [1.82, 2.24) is 25.0 Å². The third kappa shape index (κ3) is 5.75. The first kappa shape index (κ1) is 22.8. The normalized spacial score (nSPS) is 16.1. The Balaban J connectivity index is 1.19. The number of amides is 1. The van der Waals surface area contributed by atoms with Crippen LogP contribution in [-0.4, -0.2) is 50.5 Å². The highest BCUT2D eigenvalue weighted by Gasteiger charge is 2.24. The summed E-state index contributed by atoms with van der Waals surface area (Å²) in [5.74, 6) is 1.24. The molecule has 8 heteroatoms. The lowest BCUT2D eigenvalue weighted by atomic mass is 10.2. The molecule has 1 N–H and O–H groups in total. The number of hydrogen-bond acceptors (Lipinski definition) is 6. The first-order valence-corrected chi connectivity index (χ1v) is 13.3. The van der Waals surface area contributed by atoms with E-state index in [0.717, 1.165) is 42.7 Å². The number of nitrogens with zero attached hydrogens (tertiary/aromatic N) is 4. The van der Waals surface area contributed by atoms with Gasteiger partial charge in [0.15, 0.2) is 5.16 Å². The van der Waals surface area contributed by atoms with E-state index in [1.165, 1.54) is 22.2 Å². The van der Waals surface area contributed by atoms with Gasteiger partial charge >= 0.3 is 0 Å². The molecular weight excluding hydrogens is 462 g/mol. The van der Waals surface area contributed by atoms with E-state index in [0.29, 0.717) is 12.2 Å². The molecule has 2 aromatic heterocycles. The summed E-state index contributed by atoms with van der Waals surface area (Å²) in [6, 6.07) is 24.9. The lowest BCUT2D eigenvalue weighted by Gasteiger charge is -2.17. The van der Waals surface area contributed by atoms with E-state index < -0.39 is 0 Å². The van der Waals surface area contributed by atoms with E-state index in [1.807, 2.05) is 42.5 Å². The van der Waals surface area contributed by atoms with Crippen molar-refractivity contribution < 1.29 is 4.79 Å². The number of aromatic nitrogens is 3. The van der Waals surface area contributed by atoms with Crippen LogP contribution in [0.1, 0.15) is 22.7 Å². The summed E-state index contributed by atoms with van der Waals surface area (Å²) in [6.07, 6.45) is 1.69. The monoisotopic (exact) mass is 489 g/mol. The maximum absolute atomic E-state index is 12.7. The Bertz CT molecular complexity index is 1190. The van der Waals surface area contributed by atoms with Crippen molar-refractivity contribution in [3.05, 3.63) is 94.4 Å². The summed E-state index contributed by atoms with van der Waals surface area (Å²) in [4.78, 5) is 16.4. The van der Waals surface area contributed by atoms with Crippen LogP contribution in [0, 0.1) is 0 Å². The van der Waals surface area contributed by atoms with Gasteiger partial charge in [-0.25, -0.2) is 0 Å². The van der Waals surface area contributed by atoms with Crippen LogP contribution in [0.5, 0.6) is 0 Å². The minimum Gasteiger partial charge on any atom is -0.351 e. The zero-order chi connectivity index (χ0) is 23.2. The Kier molecular flexibility index (Phi) is 7.38. The minimum atomic E-state index is 0.0407. The zero-order valence-electron chi connectivity index (χ0n) is 18.8. The third-order valence-corrected chi connectivity index (χ3v) is 7.65. The van der Waals surface area contributed by atoms with Gasteiger partial charge in [0.1, 0.15) is 5.82 Å². The van der Waals surface area contributed by atoms with Crippen molar-refractivity contribution in [3.63, 3.8) is 0 Å². The van der Waals surface area contributed by atoms with Crippen LogP contribution in [0.25, 0.3) is 5.69 Å². The van der Waals surface area contributed by atoms with E-state index >= 15 is 0 Å². The highest BCUT2D eigenvalue weighted by atomic mass is 32.2. The van der Waals surface area contributed by atoms with Gasteiger partial charge in [-0.15, -0.1) is 21.5 Å². The van der Waals surface area contributed by atoms with Crippen LogP contribution >= 0.6 is 23.1 Å². The molecule has 0 unspecified atom stereocenters. The number of carbonyl (C=O) groups is 1. The van der Waals surface area contributed by atoms with E-state index in [1.54, 1.807) is 11.3 Å². The van der Waals surface area contributed by atoms with E-state index in [2.05, 4.69) is 60.7 Å². The molecule has 5 rings (SSSR count). The molecule has 0 radical (unpaired) electrons. The van der Waals surface area contributed by atoms with E-state index in [9.17, 15) is 4.79 Å². The molecular formula is C26H27N5OS2. The van der Waals surface area contributed by atoms with Crippen molar-refractivity contribution >= 4 is 29.0 Å². The molecule has 0 saturated carbocycles. The number of benzene rings is 2. The number of likely N-dealkylation sites (tertiary alicyclic amines) is 1. The second kappa shape index (κ2) is 11.0. The first-order valence-electron chi connectivity index (χ1n) is 11.4. The predicted octanol–water partition coefficient (Wildman–Crippen LogP) is 4.40. The standard InChI is InChI=1S/C26H27N5OS2/c32-25(27-21-13-14-30(18-21)17-20-8-3-1-4-9-20)19-34-26-29-28-24(16-23-12-7-15-33-23)31(26)22-10-5-2-6-11-22/h1-12,15,21H,13-14,16-19H2,(H,27,32)/t21-/m1/s1. The molecule has 174 valence electrons. The van der Waals surface area contributed by atoms with Crippen molar-refractivity contribution in [2.24, 2.45) is 0 Å². The Morgan fingerprint density at radius 2 is 1.82 bits per heavy atom. The Labute approximate surface area is 208 Å². The summed E-state index contributed by atoms with van der Waals surface area (Å²) in [6.45, 7) is 2.81. The van der Waals surface area contributed by atoms with Crippen molar-refractivity contribution in [3.8, 4) is 5.69 Å². The molecule has 2 aromatic carbocycles. The predicted molar refractivity (Wildman–Crippen MR) is 137 cm³/mol. The fourth-order valence-corrected chi connectivity index (χ4v) is 5.73. The maximum atomic E-state index is 12.7. The lowest BCUT2D eigenvalue weighted by Crippen LogP contribution is -2.38. The second-order valence-electron chi connectivity index (χ2n) is 8.39. The summed E-state index contributed by atoms with van der Waals surface area (Å²) < 4.78 is 2.06. The Morgan fingerprint density at radius 1 is 1.03 bits per heavy atom. The maximum Gasteiger partial charge on any atom is 0.230 e. The molecule has 6 nitrogen and oxygen atoms in total. The Hall–Kier alpha value is -2.94. The highest BCUT2D eigenvalue weighted by Crippen LogP contribution is 2.24. The number of carbonyl (C=O) groups excluding carboxylic acids is 1. The van der Waals surface area contributed by atoms with Gasteiger partial charge in [-0.3, -0.25) is 14.3 Å². The van der Waals surface area contributed by atoms with Crippen molar-refractivity contribution in [1.29, 1.82) is 0 Å². The number of hydrogen-bond donors (Lipinski definition) is 1. The average Bonchev–Trinajstić information content (AvgIpc) is 3.62. The van der Waals surface area contributed by atoms with Gasteiger partial charge < -0.3 is 5.32 Å². The summed E-state index contributed by atoms with van der Waals surface area (Å²) >= 11 is 3.15. The fraction of sp³-hybridized carbons (Fsp3) is 0.269. The van der Waals surface area contributed by atoms with Crippen LogP contribution in [0.2, 0.25) is 0 Å². The van der Waals surface area contributed by atoms with Crippen molar-refractivity contribution in [2.75, 3.05) is 18.8 Å². The average molecular weight is 490 g/mol. The molecule has 1 fully saturated rings. The molecule has 1 amide bonds. The summed E-state index contributed by atoms with van der Waals surface area (Å²) in [5.41, 5.74) is 2.32. The number of nitrogens with one attached hydrogen (secondary N) is 1. The molecule has 1 atom stereocenters. The molecule has 0 spiro atoms. The third-order valence-electron chi connectivity index (χ3n) is 5.85. The number of para-hydroxylation sites is 1. The molecule has 0 aliphatic carbocycles. The van der Waals surface area contributed by atoms with E-state index in [4.69, 9.17) is 0 Å². The lowest BCUT2D eigenvalue weighted by molar-refractivity contribution is -0.119.